The lowest BCUT2D eigenvalue weighted by molar-refractivity contribution is -0.142. The van der Waals surface area contributed by atoms with Crippen LogP contribution >= 0.6 is 0 Å². The third-order valence-electron chi connectivity index (χ3n) is 4.85. The Labute approximate surface area is 149 Å². The quantitative estimate of drug-likeness (QED) is 0.657. The fourth-order valence-corrected chi connectivity index (χ4v) is 3.41. The number of amides is 1. The van der Waals surface area contributed by atoms with Crippen LogP contribution in [0.2, 0.25) is 0 Å². The summed E-state index contributed by atoms with van der Waals surface area (Å²) in [6, 6.07) is 10.4. The number of rotatable bonds is 4. The van der Waals surface area contributed by atoms with E-state index in [0.29, 0.717) is 6.61 Å². The van der Waals surface area contributed by atoms with Gasteiger partial charge in [-0.05, 0) is 24.8 Å². The number of guanidine groups is 1. The van der Waals surface area contributed by atoms with Gasteiger partial charge in [0, 0.05) is 46.4 Å². The van der Waals surface area contributed by atoms with Gasteiger partial charge >= 0.3 is 0 Å². The number of carbonyl (C=O) groups is 1. The molecular formula is C19H28N4O2. The SMILES string of the molecule is CN=C(NCCc1ccccc1)N1CCN(C(=O)C2CCCO2)CC1. The molecule has 0 aliphatic carbocycles. The predicted molar refractivity (Wildman–Crippen MR) is 98.6 cm³/mol. The zero-order chi connectivity index (χ0) is 17.5. The van der Waals surface area contributed by atoms with Crippen LogP contribution in [-0.2, 0) is 16.0 Å². The molecule has 6 nitrogen and oxygen atoms in total. The van der Waals surface area contributed by atoms with Crippen LogP contribution in [0.1, 0.15) is 18.4 Å². The highest BCUT2D eigenvalue weighted by Gasteiger charge is 2.30. The molecule has 0 saturated carbocycles. The number of nitrogens with one attached hydrogen (secondary N) is 1. The summed E-state index contributed by atoms with van der Waals surface area (Å²) in [5.41, 5.74) is 1.32. The standard InChI is InChI=1S/C19H28N4O2/c1-20-19(21-10-9-16-6-3-2-4-7-16)23-13-11-22(12-14-23)18(24)17-8-5-15-25-17/h2-4,6-7,17H,5,8-15H2,1H3,(H,20,21). The van der Waals surface area contributed by atoms with Gasteiger partial charge in [-0.2, -0.15) is 0 Å². The summed E-state index contributed by atoms with van der Waals surface area (Å²) in [7, 11) is 1.81. The minimum atomic E-state index is -0.213. The second kappa shape index (κ2) is 8.85. The van der Waals surface area contributed by atoms with Gasteiger partial charge < -0.3 is 19.9 Å². The summed E-state index contributed by atoms with van der Waals surface area (Å²) in [4.78, 5) is 21.0. The van der Waals surface area contributed by atoms with Gasteiger partial charge in [-0.1, -0.05) is 30.3 Å². The molecule has 1 aromatic carbocycles. The molecule has 1 N–H and O–H groups in total. The monoisotopic (exact) mass is 344 g/mol. The van der Waals surface area contributed by atoms with Crippen molar-refractivity contribution in [3.8, 4) is 0 Å². The highest BCUT2D eigenvalue weighted by atomic mass is 16.5. The lowest BCUT2D eigenvalue weighted by Crippen LogP contribution is -2.55. The summed E-state index contributed by atoms with van der Waals surface area (Å²) in [5, 5.41) is 3.43. The Morgan fingerprint density at radius 2 is 1.92 bits per heavy atom. The van der Waals surface area contributed by atoms with Crippen molar-refractivity contribution in [3.05, 3.63) is 35.9 Å². The Morgan fingerprint density at radius 3 is 2.56 bits per heavy atom. The number of hydrogen-bond donors (Lipinski definition) is 1. The molecule has 1 unspecified atom stereocenters. The molecule has 1 atom stereocenters. The summed E-state index contributed by atoms with van der Waals surface area (Å²) in [6.07, 6.45) is 2.61. The van der Waals surface area contributed by atoms with E-state index in [2.05, 4.69) is 39.5 Å². The molecule has 2 saturated heterocycles. The molecule has 136 valence electrons. The topological polar surface area (TPSA) is 57.2 Å². The van der Waals surface area contributed by atoms with E-state index in [9.17, 15) is 4.79 Å². The second-order valence-corrected chi connectivity index (χ2v) is 6.52. The number of benzene rings is 1. The third-order valence-corrected chi connectivity index (χ3v) is 4.85. The molecule has 25 heavy (non-hydrogen) atoms. The molecule has 0 radical (unpaired) electrons. The van der Waals surface area contributed by atoms with Gasteiger partial charge in [0.25, 0.3) is 5.91 Å². The van der Waals surface area contributed by atoms with Crippen LogP contribution in [0.5, 0.6) is 0 Å². The molecule has 2 aliphatic heterocycles. The summed E-state index contributed by atoms with van der Waals surface area (Å²) in [5.74, 6) is 1.07. The smallest absolute Gasteiger partial charge is 0.251 e. The lowest BCUT2D eigenvalue weighted by atomic mass is 10.1. The maximum atomic E-state index is 12.4. The molecule has 2 aliphatic rings. The van der Waals surface area contributed by atoms with E-state index >= 15 is 0 Å². The van der Waals surface area contributed by atoms with E-state index in [1.807, 2.05) is 18.0 Å². The van der Waals surface area contributed by atoms with Crippen LogP contribution in [0.3, 0.4) is 0 Å². The molecule has 6 heteroatoms. The van der Waals surface area contributed by atoms with Crippen molar-refractivity contribution in [2.24, 2.45) is 4.99 Å². The average molecular weight is 344 g/mol. The van der Waals surface area contributed by atoms with E-state index < -0.39 is 0 Å². The number of aliphatic imine (C=N–C) groups is 1. The summed E-state index contributed by atoms with van der Waals surface area (Å²) < 4.78 is 5.52. The summed E-state index contributed by atoms with van der Waals surface area (Å²) >= 11 is 0. The average Bonchev–Trinajstić information content (AvgIpc) is 3.20. The zero-order valence-electron chi connectivity index (χ0n) is 15.0. The van der Waals surface area contributed by atoms with Crippen LogP contribution in [0.25, 0.3) is 0 Å². The minimum Gasteiger partial charge on any atom is -0.368 e. The molecule has 0 spiro atoms. The number of ether oxygens (including phenoxy) is 1. The van der Waals surface area contributed by atoms with Crippen LogP contribution in [0.15, 0.2) is 35.3 Å². The van der Waals surface area contributed by atoms with E-state index in [0.717, 1.165) is 57.9 Å². The normalized spacial score (nSPS) is 21.5. The van der Waals surface area contributed by atoms with Crippen LogP contribution in [0.4, 0.5) is 0 Å². The van der Waals surface area contributed by atoms with Gasteiger partial charge in [-0.25, -0.2) is 0 Å². The maximum absolute atomic E-state index is 12.4. The second-order valence-electron chi connectivity index (χ2n) is 6.52. The highest BCUT2D eigenvalue weighted by Crippen LogP contribution is 2.16. The first-order valence-corrected chi connectivity index (χ1v) is 9.18. The number of piperazine rings is 1. The molecular weight excluding hydrogens is 316 g/mol. The number of nitrogens with zero attached hydrogens (tertiary/aromatic N) is 3. The first-order chi connectivity index (χ1) is 12.3. The molecule has 2 fully saturated rings. The minimum absolute atomic E-state index is 0.157. The van der Waals surface area contributed by atoms with E-state index in [-0.39, 0.29) is 12.0 Å². The van der Waals surface area contributed by atoms with E-state index in [4.69, 9.17) is 4.74 Å². The van der Waals surface area contributed by atoms with Crippen molar-refractivity contribution in [2.75, 3.05) is 46.4 Å². The molecule has 1 aromatic rings. The number of hydrogen-bond acceptors (Lipinski definition) is 3. The van der Waals surface area contributed by atoms with Crippen LogP contribution in [-0.4, -0.2) is 74.1 Å². The van der Waals surface area contributed by atoms with Crippen molar-refractivity contribution in [1.29, 1.82) is 0 Å². The van der Waals surface area contributed by atoms with Gasteiger partial charge in [0.05, 0.1) is 0 Å². The van der Waals surface area contributed by atoms with Crippen molar-refractivity contribution in [3.63, 3.8) is 0 Å². The van der Waals surface area contributed by atoms with Gasteiger partial charge in [-0.15, -0.1) is 0 Å². The fraction of sp³-hybridized carbons (Fsp3) is 0.579. The van der Waals surface area contributed by atoms with Gasteiger partial charge in [0.15, 0.2) is 5.96 Å². The maximum Gasteiger partial charge on any atom is 0.251 e. The van der Waals surface area contributed by atoms with Crippen molar-refractivity contribution < 1.29 is 9.53 Å². The molecule has 0 aromatic heterocycles. The Hall–Kier alpha value is -2.08. The molecule has 3 rings (SSSR count). The van der Waals surface area contributed by atoms with Crippen molar-refractivity contribution in [1.82, 2.24) is 15.1 Å². The highest BCUT2D eigenvalue weighted by molar-refractivity contribution is 5.82. The predicted octanol–water partition coefficient (Wildman–Crippen LogP) is 1.13. The van der Waals surface area contributed by atoms with E-state index in [1.54, 1.807) is 0 Å². The molecule has 1 amide bonds. The van der Waals surface area contributed by atoms with Crippen molar-refractivity contribution in [2.45, 2.75) is 25.4 Å². The zero-order valence-corrected chi connectivity index (χ0v) is 15.0. The van der Waals surface area contributed by atoms with Crippen molar-refractivity contribution >= 4 is 11.9 Å². The Balaban J connectivity index is 1.43. The molecule has 0 bridgehead atoms. The summed E-state index contributed by atoms with van der Waals surface area (Å²) in [6.45, 7) is 4.66. The van der Waals surface area contributed by atoms with Crippen LogP contribution < -0.4 is 5.32 Å². The lowest BCUT2D eigenvalue weighted by Gasteiger charge is -2.37. The van der Waals surface area contributed by atoms with Gasteiger partial charge in [0.2, 0.25) is 0 Å². The van der Waals surface area contributed by atoms with Crippen LogP contribution in [0, 0.1) is 0 Å². The van der Waals surface area contributed by atoms with E-state index in [1.165, 1.54) is 5.56 Å². The molecule has 2 heterocycles. The Bertz CT molecular complexity index is 576. The van der Waals surface area contributed by atoms with Gasteiger partial charge in [0.1, 0.15) is 6.10 Å². The Kier molecular flexibility index (Phi) is 6.28. The van der Waals surface area contributed by atoms with Gasteiger partial charge in [-0.3, -0.25) is 9.79 Å². The fourth-order valence-electron chi connectivity index (χ4n) is 3.41. The largest absolute Gasteiger partial charge is 0.368 e. The first-order valence-electron chi connectivity index (χ1n) is 9.18. The first kappa shape index (κ1) is 17.7. The third kappa shape index (κ3) is 4.72. The number of carbonyl (C=O) groups excluding carboxylic acids is 1. The Morgan fingerprint density at radius 1 is 1.20 bits per heavy atom.